The Hall–Kier alpha value is -4.63. The molecule has 5 rings (SSSR count). The quantitative estimate of drug-likeness (QED) is 0.159. The van der Waals surface area contributed by atoms with Crippen LogP contribution in [-0.4, -0.2) is 27.2 Å². The highest BCUT2D eigenvalue weighted by Crippen LogP contribution is 2.42. The zero-order valence-corrected chi connectivity index (χ0v) is 22.5. The Kier molecular flexibility index (Phi) is 7.84. The van der Waals surface area contributed by atoms with Crippen LogP contribution in [0.4, 0.5) is 0 Å². The van der Waals surface area contributed by atoms with Crippen molar-refractivity contribution in [2.75, 3.05) is 0 Å². The largest absolute Gasteiger partial charge is 0.478 e. The number of carbonyl (C=O) groups is 3. The Balaban J connectivity index is 1.30. The Labute approximate surface area is 233 Å². The molecule has 2 heterocycles. The monoisotopic (exact) mass is 533 g/mol. The van der Waals surface area contributed by atoms with Gasteiger partial charge in [0, 0.05) is 29.3 Å². The number of ketones is 1. The van der Waals surface area contributed by atoms with Crippen LogP contribution in [0, 0.1) is 17.3 Å². The predicted molar refractivity (Wildman–Crippen MR) is 152 cm³/mol. The lowest BCUT2D eigenvalue weighted by atomic mass is 9.83. The molecule has 6 nitrogen and oxygen atoms in total. The summed E-state index contributed by atoms with van der Waals surface area (Å²) >= 11 is 0. The molecule has 0 spiro atoms. The number of carboxylic acids is 1. The summed E-state index contributed by atoms with van der Waals surface area (Å²) in [7, 11) is 0. The van der Waals surface area contributed by atoms with Gasteiger partial charge in [0.05, 0.1) is 16.7 Å². The maximum absolute atomic E-state index is 13.5. The van der Waals surface area contributed by atoms with E-state index in [4.69, 9.17) is 4.74 Å². The van der Waals surface area contributed by atoms with E-state index in [1.165, 1.54) is 6.07 Å². The average molecular weight is 534 g/mol. The minimum atomic E-state index is -1.01. The molecule has 202 valence electrons. The van der Waals surface area contributed by atoms with Crippen molar-refractivity contribution < 1.29 is 24.2 Å². The molecule has 40 heavy (non-hydrogen) atoms. The van der Waals surface area contributed by atoms with Crippen molar-refractivity contribution in [2.45, 2.75) is 52.1 Å². The van der Waals surface area contributed by atoms with Crippen molar-refractivity contribution in [3.05, 3.63) is 113 Å². The lowest BCUT2D eigenvalue weighted by molar-refractivity contribution is -0.156. The molecule has 4 aromatic rings. The number of hydrogen-bond acceptors (Lipinski definition) is 4. The van der Waals surface area contributed by atoms with Gasteiger partial charge in [0.15, 0.2) is 0 Å². The molecule has 1 saturated carbocycles. The molecule has 2 aromatic carbocycles. The molecule has 0 aliphatic heterocycles. The maximum Gasteiger partial charge on any atom is 0.335 e. The van der Waals surface area contributed by atoms with Crippen molar-refractivity contribution >= 4 is 23.2 Å². The van der Waals surface area contributed by atoms with E-state index in [2.05, 4.69) is 11.8 Å². The van der Waals surface area contributed by atoms with Crippen LogP contribution in [0.2, 0.25) is 0 Å². The zero-order chi connectivity index (χ0) is 28.1. The maximum atomic E-state index is 13.5. The van der Waals surface area contributed by atoms with Crippen LogP contribution in [-0.2, 0) is 22.6 Å². The van der Waals surface area contributed by atoms with Crippen LogP contribution < -0.4 is 0 Å². The lowest BCUT2D eigenvalue weighted by Crippen LogP contribution is -2.29. The molecule has 1 N–H and O–H groups in total. The third kappa shape index (κ3) is 5.55. The molecule has 0 saturated heterocycles. The zero-order valence-electron chi connectivity index (χ0n) is 22.5. The molecule has 1 aliphatic rings. The SMILES string of the molecule is CCc1cc2cc(C(=O)O)ccn2c1C(=O)c1ccc(C#CCC2(C(=O)OCc3ccccc3)CCCC2)cc1. The van der Waals surface area contributed by atoms with Gasteiger partial charge in [-0.25, -0.2) is 4.79 Å². The molecule has 0 atom stereocenters. The first kappa shape index (κ1) is 27.0. The molecule has 0 unspecified atom stereocenters. The smallest absolute Gasteiger partial charge is 0.335 e. The van der Waals surface area contributed by atoms with Crippen LogP contribution in [0.25, 0.3) is 5.52 Å². The molecule has 0 radical (unpaired) electrons. The Bertz CT molecular complexity index is 1610. The van der Waals surface area contributed by atoms with Gasteiger partial charge in [-0.05, 0) is 72.9 Å². The fourth-order valence-electron chi connectivity index (χ4n) is 5.43. The van der Waals surface area contributed by atoms with Crippen molar-refractivity contribution in [3.8, 4) is 11.8 Å². The first-order valence-corrected chi connectivity index (χ1v) is 13.6. The number of benzene rings is 2. The van der Waals surface area contributed by atoms with E-state index in [0.29, 0.717) is 29.6 Å². The fourth-order valence-corrected chi connectivity index (χ4v) is 5.43. The van der Waals surface area contributed by atoms with Gasteiger partial charge in [0.1, 0.15) is 6.61 Å². The fraction of sp³-hybridized carbons (Fsp3) is 0.265. The Morgan fingerprint density at radius 3 is 2.35 bits per heavy atom. The van der Waals surface area contributed by atoms with E-state index in [0.717, 1.165) is 42.4 Å². The van der Waals surface area contributed by atoms with E-state index in [-0.39, 0.29) is 23.9 Å². The van der Waals surface area contributed by atoms with Gasteiger partial charge >= 0.3 is 11.9 Å². The summed E-state index contributed by atoms with van der Waals surface area (Å²) < 4.78 is 7.44. The van der Waals surface area contributed by atoms with Crippen molar-refractivity contribution in [1.29, 1.82) is 0 Å². The number of ether oxygens (including phenoxy) is 1. The second-order valence-corrected chi connectivity index (χ2v) is 10.3. The van der Waals surface area contributed by atoms with Gasteiger partial charge in [0.2, 0.25) is 5.78 Å². The number of nitrogens with zero attached hydrogens (tertiary/aromatic N) is 1. The van der Waals surface area contributed by atoms with Crippen LogP contribution >= 0.6 is 0 Å². The van der Waals surface area contributed by atoms with E-state index in [1.807, 2.05) is 55.5 Å². The molecule has 1 aliphatic carbocycles. The van der Waals surface area contributed by atoms with Gasteiger partial charge < -0.3 is 14.2 Å². The number of carbonyl (C=O) groups excluding carboxylic acids is 2. The molecular weight excluding hydrogens is 502 g/mol. The number of hydrogen-bond donors (Lipinski definition) is 1. The predicted octanol–water partition coefficient (Wildman–Crippen LogP) is 6.48. The summed E-state index contributed by atoms with van der Waals surface area (Å²) in [5.74, 6) is 5.06. The van der Waals surface area contributed by atoms with Gasteiger partial charge in [-0.1, -0.05) is 61.9 Å². The minimum Gasteiger partial charge on any atom is -0.478 e. The first-order valence-electron chi connectivity index (χ1n) is 13.6. The number of fused-ring (bicyclic) bond motifs is 1. The van der Waals surface area contributed by atoms with Gasteiger partial charge in [0.25, 0.3) is 0 Å². The molecule has 2 aromatic heterocycles. The highest BCUT2D eigenvalue weighted by atomic mass is 16.5. The van der Waals surface area contributed by atoms with Gasteiger partial charge in [-0.3, -0.25) is 9.59 Å². The molecule has 0 amide bonds. The van der Waals surface area contributed by atoms with E-state index >= 15 is 0 Å². The second-order valence-electron chi connectivity index (χ2n) is 10.3. The number of rotatable bonds is 8. The van der Waals surface area contributed by atoms with Crippen molar-refractivity contribution in [3.63, 3.8) is 0 Å². The minimum absolute atomic E-state index is 0.134. The van der Waals surface area contributed by atoms with Crippen LogP contribution in [0.5, 0.6) is 0 Å². The highest BCUT2D eigenvalue weighted by molar-refractivity contribution is 6.09. The Morgan fingerprint density at radius 1 is 0.950 bits per heavy atom. The van der Waals surface area contributed by atoms with Crippen LogP contribution in [0.1, 0.15) is 82.1 Å². The topological polar surface area (TPSA) is 85.1 Å². The lowest BCUT2D eigenvalue weighted by Gasteiger charge is -2.24. The molecule has 0 bridgehead atoms. The first-order chi connectivity index (χ1) is 19.4. The summed E-state index contributed by atoms with van der Waals surface area (Å²) in [6.07, 6.45) is 6.26. The number of aryl methyl sites for hydroxylation is 1. The van der Waals surface area contributed by atoms with Crippen molar-refractivity contribution in [2.24, 2.45) is 5.41 Å². The summed E-state index contributed by atoms with van der Waals surface area (Å²) in [6.45, 7) is 2.23. The number of pyridine rings is 1. The average Bonchev–Trinajstić information content (AvgIpc) is 3.61. The highest BCUT2D eigenvalue weighted by Gasteiger charge is 2.42. The van der Waals surface area contributed by atoms with Crippen LogP contribution in [0.15, 0.2) is 79.0 Å². The summed E-state index contributed by atoms with van der Waals surface area (Å²) in [5.41, 5.74) is 3.94. The third-order valence-electron chi connectivity index (χ3n) is 7.71. The standard InChI is InChI=1S/C34H31NO5/c1-2-26-21-29-22-28(32(37)38)16-20-35(29)30(26)31(36)27-14-12-24(13-15-27)11-8-19-34(17-6-7-18-34)33(39)40-23-25-9-4-3-5-10-25/h3-5,9-10,12-16,20-22H,2,6-7,17-19,23H2,1H3,(H,37,38). The Morgan fingerprint density at radius 2 is 1.68 bits per heavy atom. The van der Waals surface area contributed by atoms with E-state index in [9.17, 15) is 19.5 Å². The summed E-state index contributed by atoms with van der Waals surface area (Å²) in [4.78, 5) is 37.9. The number of aromatic carboxylic acids is 1. The second kappa shape index (κ2) is 11.6. The molecule has 6 heteroatoms. The van der Waals surface area contributed by atoms with Gasteiger partial charge in [-0.2, -0.15) is 0 Å². The summed E-state index contributed by atoms with van der Waals surface area (Å²) in [5, 5.41) is 9.31. The normalized spacial score (nSPS) is 13.9. The van der Waals surface area contributed by atoms with Gasteiger partial charge in [-0.15, -0.1) is 0 Å². The summed E-state index contributed by atoms with van der Waals surface area (Å²) in [6, 6.07) is 21.8. The number of esters is 1. The molecular formula is C34H31NO5. The van der Waals surface area contributed by atoms with Crippen molar-refractivity contribution in [1.82, 2.24) is 4.40 Å². The van der Waals surface area contributed by atoms with E-state index < -0.39 is 11.4 Å². The number of carboxylic acid groups (broad SMARTS) is 1. The third-order valence-corrected chi connectivity index (χ3v) is 7.71. The van der Waals surface area contributed by atoms with Crippen LogP contribution in [0.3, 0.4) is 0 Å². The number of aromatic nitrogens is 1. The van der Waals surface area contributed by atoms with E-state index in [1.54, 1.807) is 28.8 Å². The molecule has 1 fully saturated rings.